The van der Waals surface area contributed by atoms with Gasteiger partial charge >= 0.3 is 6.09 Å². The number of carbonyl (C=O) groups excluding carboxylic acids is 1. The molecule has 1 N–H and O–H groups in total. The van der Waals surface area contributed by atoms with Crippen LogP contribution in [-0.4, -0.2) is 33.4 Å². The molecule has 1 amide bonds. The van der Waals surface area contributed by atoms with Gasteiger partial charge in [0.15, 0.2) is 0 Å². The average molecular weight is 298 g/mol. The van der Waals surface area contributed by atoms with Crippen LogP contribution in [0.1, 0.15) is 19.8 Å². The molecule has 0 unspecified atom stereocenters. The standard InChI is InChI=1S/C13H18N2O4S/c1-2-19-13(16)14-11-5-7-12(8-6-11)15-9-3-4-10-20(15,17)18/h5-8H,2-4,9-10H2,1H3,(H,14,16). The lowest BCUT2D eigenvalue weighted by Crippen LogP contribution is -2.37. The predicted octanol–water partition coefficient (Wildman–Crippen LogP) is 2.19. The zero-order valence-electron chi connectivity index (χ0n) is 11.3. The van der Waals surface area contributed by atoms with Crippen LogP contribution in [0.25, 0.3) is 0 Å². The van der Waals surface area contributed by atoms with Gasteiger partial charge in [-0.15, -0.1) is 0 Å². The van der Waals surface area contributed by atoms with Gasteiger partial charge in [0.1, 0.15) is 0 Å². The summed E-state index contributed by atoms with van der Waals surface area (Å²) >= 11 is 0. The van der Waals surface area contributed by atoms with Crippen molar-refractivity contribution in [1.82, 2.24) is 0 Å². The van der Waals surface area contributed by atoms with E-state index in [1.165, 1.54) is 4.31 Å². The van der Waals surface area contributed by atoms with E-state index in [-0.39, 0.29) is 5.75 Å². The number of ether oxygens (including phenoxy) is 1. The molecule has 0 spiro atoms. The fourth-order valence-electron chi connectivity index (χ4n) is 2.07. The van der Waals surface area contributed by atoms with E-state index >= 15 is 0 Å². The monoisotopic (exact) mass is 298 g/mol. The van der Waals surface area contributed by atoms with E-state index in [2.05, 4.69) is 5.32 Å². The maximum atomic E-state index is 12.0. The zero-order valence-corrected chi connectivity index (χ0v) is 12.1. The molecule has 20 heavy (non-hydrogen) atoms. The minimum absolute atomic E-state index is 0.190. The summed E-state index contributed by atoms with van der Waals surface area (Å²) in [5, 5.41) is 2.56. The fourth-order valence-corrected chi connectivity index (χ4v) is 3.71. The first-order valence-electron chi connectivity index (χ1n) is 6.57. The average Bonchev–Trinajstić information content (AvgIpc) is 2.40. The third kappa shape index (κ3) is 3.41. The number of nitrogens with zero attached hydrogens (tertiary/aromatic N) is 1. The molecule has 6 nitrogen and oxygen atoms in total. The van der Waals surface area contributed by atoms with Crippen molar-refractivity contribution in [2.75, 3.05) is 28.5 Å². The summed E-state index contributed by atoms with van der Waals surface area (Å²) in [6, 6.07) is 6.70. The van der Waals surface area contributed by atoms with Crippen molar-refractivity contribution >= 4 is 27.5 Å². The topological polar surface area (TPSA) is 75.7 Å². The lowest BCUT2D eigenvalue weighted by Gasteiger charge is -2.28. The molecule has 110 valence electrons. The second kappa shape index (κ2) is 6.13. The Morgan fingerprint density at radius 2 is 2.00 bits per heavy atom. The van der Waals surface area contributed by atoms with E-state index in [0.29, 0.717) is 30.9 Å². The number of rotatable bonds is 3. The van der Waals surface area contributed by atoms with Gasteiger partial charge in [-0.25, -0.2) is 13.2 Å². The van der Waals surface area contributed by atoms with E-state index < -0.39 is 16.1 Å². The largest absolute Gasteiger partial charge is 0.450 e. The SMILES string of the molecule is CCOC(=O)Nc1ccc(N2CCCCS2(=O)=O)cc1. The molecular weight excluding hydrogens is 280 g/mol. The van der Waals surface area contributed by atoms with E-state index in [1.54, 1.807) is 31.2 Å². The van der Waals surface area contributed by atoms with Crippen molar-refractivity contribution in [3.8, 4) is 0 Å². The van der Waals surface area contributed by atoms with Crippen LogP contribution >= 0.6 is 0 Å². The van der Waals surface area contributed by atoms with Gasteiger partial charge in [-0.3, -0.25) is 9.62 Å². The molecular formula is C13H18N2O4S. The normalized spacial score (nSPS) is 17.6. The molecule has 1 aliphatic rings. The van der Waals surface area contributed by atoms with Crippen LogP contribution in [0.4, 0.5) is 16.2 Å². The van der Waals surface area contributed by atoms with Gasteiger partial charge in [0.05, 0.1) is 18.0 Å². The molecule has 7 heteroatoms. The Hall–Kier alpha value is -1.76. The summed E-state index contributed by atoms with van der Waals surface area (Å²) in [5.74, 6) is 0.190. The molecule has 2 rings (SSSR count). The van der Waals surface area contributed by atoms with Crippen LogP contribution in [0.2, 0.25) is 0 Å². The highest BCUT2D eigenvalue weighted by Gasteiger charge is 2.25. The Kier molecular flexibility index (Phi) is 4.49. The summed E-state index contributed by atoms with van der Waals surface area (Å²) in [6.07, 6.45) is 1.05. The number of hydrogen-bond acceptors (Lipinski definition) is 4. The van der Waals surface area contributed by atoms with E-state index in [4.69, 9.17) is 4.74 Å². The first-order valence-corrected chi connectivity index (χ1v) is 8.18. The first-order chi connectivity index (χ1) is 9.53. The summed E-state index contributed by atoms with van der Waals surface area (Å²) in [5.41, 5.74) is 1.20. The number of anilines is 2. The Morgan fingerprint density at radius 1 is 1.30 bits per heavy atom. The van der Waals surface area contributed by atoms with Crippen LogP contribution in [0, 0.1) is 0 Å². The van der Waals surface area contributed by atoms with Gasteiger partial charge in [0, 0.05) is 12.2 Å². The minimum atomic E-state index is -3.20. The smallest absolute Gasteiger partial charge is 0.411 e. The summed E-state index contributed by atoms with van der Waals surface area (Å²) in [7, 11) is -3.20. The Bertz CT molecular complexity index is 569. The fraction of sp³-hybridized carbons (Fsp3) is 0.462. The van der Waals surface area contributed by atoms with Crippen molar-refractivity contribution < 1.29 is 17.9 Å². The zero-order chi connectivity index (χ0) is 14.6. The van der Waals surface area contributed by atoms with E-state index in [0.717, 1.165) is 6.42 Å². The highest BCUT2D eigenvalue weighted by atomic mass is 32.2. The Balaban J connectivity index is 2.10. The molecule has 0 radical (unpaired) electrons. The number of hydrogen-bond donors (Lipinski definition) is 1. The van der Waals surface area contributed by atoms with Crippen molar-refractivity contribution in [2.24, 2.45) is 0 Å². The van der Waals surface area contributed by atoms with Crippen LogP contribution < -0.4 is 9.62 Å². The van der Waals surface area contributed by atoms with Crippen molar-refractivity contribution in [3.63, 3.8) is 0 Å². The number of benzene rings is 1. The third-order valence-corrected chi connectivity index (χ3v) is 4.90. The number of amides is 1. The highest BCUT2D eigenvalue weighted by Crippen LogP contribution is 2.24. The summed E-state index contributed by atoms with van der Waals surface area (Å²) < 4.78 is 30.1. The Labute approximate surface area is 118 Å². The van der Waals surface area contributed by atoms with Gasteiger partial charge in [0.2, 0.25) is 10.0 Å². The molecule has 0 bridgehead atoms. The maximum absolute atomic E-state index is 12.0. The molecule has 1 aromatic rings. The van der Waals surface area contributed by atoms with Gasteiger partial charge in [-0.1, -0.05) is 0 Å². The van der Waals surface area contributed by atoms with E-state index in [9.17, 15) is 13.2 Å². The lowest BCUT2D eigenvalue weighted by molar-refractivity contribution is 0.168. The molecule has 0 aliphatic carbocycles. The Morgan fingerprint density at radius 3 is 2.60 bits per heavy atom. The molecule has 1 fully saturated rings. The second-order valence-electron chi connectivity index (χ2n) is 4.49. The van der Waals surface area contributed by atoms with Crippen LogP contribution in [0.3, 0.4) is 0 Å². The van der Waals surface area contributed by atoms with Gasteiger partial charge in [-0.05, 0) is 44.0 Å². The molecule has 1 heterocycles. The van der Waals surface area contributed by atoms with Gasteiger partial charge in [-0.2, -0.15) is 0 Å². The van der Waals surface area contributed by atoms with E-state index in [1.807, 2.05) is 0 Å². The molecule has 1 saturated heterocycles. The molecule has 1 aliphatic heterocycles. The maximum Gasteiger partial charge on any atom is 0.411 e. The van der Waals surface area contributed by atoms with Crippen molar-refractivity contribution in [1.29, 1.82) is 0 Å². The highest BCUT2D eigenvalue weighted by molar-refractivity contribution is 7.92. The van der Waals surface area contributed by atoms with Crippen LogP contribution in [0.15, 0.2) is 24.3 Å². The van der Waals surface area contributed by atoms with Crippen molar-refractivity contribution in [3.05, 3.63) is 24.3 Å². The quantitative estimate of drug-likeness (QED) is 0.928. The van der Waals surface area contributed by atoms with Crippen molar-refractivity contribution in [2.45, 2.75) is 19.8 Å². The predicted molar refractivity (Wildman–Crippen MR) is 77.5 cm³/mol. The molecule has 0 atom stereocenters. The molecule has 0 aromatic heterocycles. The minimum Gasteiger partial charge on any atom is -0.450 e. The number of carbonyl (C=O) groups is 1. The summed E-state index contributed by atoms with van der Waals surface area (Å²) in [6.45, 7) is 2.53. The van der Waals surface area contributed by atoms with Crippen LogP contribution in [-0.2, 0) is 14.8 Å². The number of nitrogens with one attached hydrogen (secondary N) is 1. The van der Waals surface area contributed by atoms with Crippen LogP contribution in [0.5, 0.6) is 0 Å². The number of sulfonamides is 1. The first kappa shape index (κ1) is 14.6. The van der Waals surface area contributed by atoms with Gasteiger partial charge < -0.3 is 4.74 Å². The molecule has 0 saturated carbocycles. The lowest BCUT2D eigenvalue weighted by atomic mass is 10.2. The summed E-state index contributed by atoms with van der Waals surface area (Å²) in [4.78, 5) is 11.3. The third-order valence-electron chi connectivity index (χ3n) is 3.03. The second-order valence-corrected chi connectivity index (χ2v) is 6.50. The molecule has 1 aromatic carbocycles. The van der Waals surface area contributed by atoms with Gasteiger partial charge in [0.25, 0.3) is 0 Å².